The minimum atomic E-state index is -0.364. The van der Waals surface area contributed by atoms with Gasteiger partial charge in [0.1, 0.15) is 12.9 Å². The summed E-state index contributed by atoms with van der Waals surface area (Å²) >= 11 is 5.99. The highest BCUT2D eigenvalue weighted by atomic mass is 35.5. The lowest BCUT2D eigenvalue weighted by atomic mass is 10.0. The molecular formula is C17H18ClN5O2. The van der Waals surface area contributed by atoms with E-state index in [0.717, 1.165) is 31.2 Å². The van der Waals surface area contributed by atoms with E-state index < -0.39 is 0 Å². The van der Waals surface area contributed by atoms with E-state index in [1.165, 1.54) is 15.4 Å². The molecule has 2 aromatic heterocycles. The number of amides is 1. The molecule has 8 heteroatoms. The molecule has 1 aliphatic rings. The van der Waals surface area contributed by atoms with Crippen molar-refractivity contribution in [2.45, 2.75) is 38.8 Å². The number of hydrogen-bond acceptors (Lipinski definition) is 4. The summed E-state index contributed by atoms with van der Waals surface area (Å²) in [5.74, 6) is -0.0713. The second kappa shape index (κ2) is 6.15. The Balaban J connectivity index is 1.73. The molecule has 1 atom stereocenters. The number of likely N-dealkylation sites (tertiary alicyclic amines) is 1. The highest BCUT2D eigenvalue weighted by Gasteiger charge is 2.24. The third kappa shape index (κ3) is 2.78. The number of benzene rings is 1. The molecule has 0 radical (unpaired) electrons. The fraction of sp³-hybridized carbons (Fsp3) is 0.412. The molecule has 4 rings (SSSR count). The molecule has 3 heterocycles. The van der Waals surface area contributed by atoms with Crippen LogP contribution in [-0.2, 0) is 11.3 Å². The molecule has 3 aromatic rings. The van der Waals surface area contributed by atoms with Gasteiger partial charge in [0.25, 0.3) is 0 Å². The molecule has 1 amide bonds. The lowest BCUT2D eigenvalue weighted by Crippen LogP contribution is -2.44. The molecule has 0 saturated carbocycles. The zero-order valence-corrected chi connectivity index (χ0v) is 14.6. The third-order valence-electron chi connectivity index (χ3n) is 4.79. The molecule has 130 valence electrons. The normalized spacial score (nSPS) is 18.2. The average molecular weight is 360 g/mol. The van der Waals surface area contributed by atoms with Gasteiger partial charge in [0.15, 0.2) is 5.65 Å². The molecule has 25 heavy (non-hydrogen) atoms. The van der Waals surface area contributed by atoms with Crippen molar-refractivity contribution in [1.82, 2.24) is 24.1 Å². The standard InChI is InChI=1S/C17H18ClN5O2/c1-11-4-2-3-7-21(11)15(24)9-23-17(25)22-10-19-14-8-12(18)5-6-13(14)16(22)20-23/h5-6,8,10-11H,2-4,7,9H2,1H3/t11-/m1/s1. The number of carbonyl (C=O) groups excluding carboxylic acids is 1. The second-order valence-corrected chi connectivity index (χ2v) is 6.91. The van der Waals surface area contributed by atoms with Crippen molar-refractivity contribution >= 4 is 34.1 Å². The van der Waals surface area contributed by atoms with Gasteiger partial charge >= 0.3 is 5.69 Å². The van der Waals surface area contributed by atoms with Crippen LogP contribution in [0.3, 0.4) is 0 Å². The first kappa shape index (κ1) is 16.1. The van der Waals surface area contributed by atoms with Gasteiger partial charge < -0.3 is 4.90 Å². The Kier molecular flexibility index (Phi) is 3.95. The highest BCUT2D eigenvalue weighted by molar-refractivity contribution is 6.31. The van der Waals surface area contributed by atoms with Gasteiger partial charge in [-0.1, -0.05) is 11.6 Å². The average Bonchev–Trinajstić information content (AvgIpc) is 2.91. The molecule has 1 aromatic carbocycles. The van der Waals surface area contributed by atoms with Gasteiger partial charge in [-0.05, 0) is 44.4 Å². The van der Waals surface area contributed by atoms with Gasteiger partial charge in [-0.25, -0.2) is 18.9 Å². The maximum absolute atomic E-state index is 12.6. The highest BCUT2D eigenvalue weighted by Crippen LogP contribution is 2.20. The van der Waals surface area contributed by atoms with Gasteiger partial charge in [0.05, 0.1) is 5.52 Å². The van der Waals surface area contributed by atoms with Crippen molar-refractivity contribution in [3.05, 3.63) is 40.0 Å². The smallest absolute Gasteiger partial charge is 0.338 e. The SMILES string of the molecule is C[C@@H]1CCCCN1C(=O)Cn1nc2c3ccc(Cl)cc3ncn2c1=O. The predicted octanol–water partition coefficient (Wildman–Crippen LogP) is 2.10. The Morgan fingerprint density at radius 3 is 3.00 bits per heavy atom. The Bertz CT molecular complexity index is 1020. The van der Waals surface area contributed by atoms with Crippen LogP contribution in [-0.4, -0.2) is 42.6 Å². The van der Waals surface area contributed by atoms with E-state index in [4.69, 9.17) is 11.6 Å². The minimum absolute atomic E-state index is 0.0556. The molecule has 0 N–H and O–H groups in total. The number of nitrogens with zero attached hydrogens (tertiary/aromatic N) is 5. The summed E-state index contributed by atoms with van der Waals surface area (Å²) in [5, 5.41) is 5.66. The zero-order valence-electron chi connectivity index (χ0n) is 13.9. The number of hydrogen-bond donors (Lipinski definition) is 0. The quantitative estimate of drug-likeness (QED) is 0.702. The van der Waals surface area contributed by atoms with Crippen molar-refractivity contribution in [1.29, 1.82) is 0 Å². The fourth-order valence-electron chi connectivity index (χ4n) is 3.42. The number of rotatable bonds is 2. The van der Waals surface area contributed by atoms with Crippen LogP contribution in [0.1, 0.15) is 26.2 Å². The summed E-state index contributed by atoms with van der Waals surface area (Å²) in [7, 11) is 0. The van der Waals surface area contributed by atoms with Crippen LogP contribution in [0.2, 0.25) is 5.02 Å². The predicted molar refractivity (Wildman–Crippen MR) is 94.8 cm³/mol. The molecule has 1 fully saturated rings. The fourth-order valence-corrected chi connectivity index (χ4v) is 3.59. The largest absolute Gasteiger partial charge is 0.352 e. The van der Waals surface area contributed by atoms with Gasteiger partial charge in [-0.3, -0.25) is 4.79 Å². The van der Waals surface area contributed by atoms with E-state index in [0.29, 0.717) is 16.2 Å². The van der Waals surface area contributed by atoms with Gasteiger partial charge in [-0.15, -0.1) is 5.10 Å². The molecule has 0 bridgehead atoms. The lowest BCUT2D eigenvalue weighted by molar-refractivity contribution is -0.135. The number of aromatic nitrogens is 4. The third-order valence-corrected chi connectivity index (χ3v) is 5.03. The minimum Gasteiger partial charge on any atom is -0.338 e. The molecule has 1 saturated heterocycles. The Morgan fingerprint density at radius 1 is 1.36 bits per heavy atom. The van der Waals surface area contributed by atoms with E-state index in [1.807, 2.05) is 11.8 Å². The van der Waals surface area contributed by atoms with Crippen LogP contribution in [0.15, 0.2) is 29.3 Å². The first-order valence-electron chi connectivity index (χ1n) is 8.37. The Hall–Kier alpha value is -2.41. The van der Waals surface area contributed by atoms with Crippen LogP contribution in [0.5, 0.6) is 0 Å². The number of fused-ring (bicyclic) bond motifs is 3. The molecular weight excluding hydrogens is 342 g/mol. The molecule has 7 nitrogen and oxygen atoms in total. The summed E-state index contributed by atoms with van der Waals surface area (Å²) in [4.78, 5) is 31.3. The molecule has 0 aliphatic carbocycles. The Labute approximate surface area is 148 Å². The van der Waals surface area contributed by atoms with Crippen LogP contribution in [0.25, 0.3) is 16.6 Å². The van der Waals surface area contributed by atoms with Crippen LogP contribution in [0.4, 0.5) is 0 Å². The number of halogens is 1. The van der Waals surface area contributed by atoms with E-state index in [-0.39, 0.29) is 24.2 Å². The lowest BCUT2D eigenvalue weighted by Gasteiger charge is -2.33. The van der Waals surface area contributed by atoms with Crippen molar-refractivity contribution in [2.24, 2.45) is 0 Å². The molecule has 1 aliphatic heterocycles. The van der Waals surface area contributed by atoms with Gasteiger partial charge in [0.2, 0.25) is 5.91 Å². The second-order valence-electron chi connectivity index (χ2n) is 6.47. The monoisotopic (exact) mass is 359 g/mol. The summed E-state index contributed by atoms with van der Waals surface area (Å²) in [6, 6.07) is 5.45. The number of piperidine rings is 1. The maximum Gasteiger partial charge on any atom is 0.352 e. The van der Waals surface area contributed by atoms with Crippen LogP contribution < -0.4 is 5.69 Å². The molecule has 0 unspecified atom stereocenters. The topological polar surface area (TPSA) is 72.5 Å². The number of carbonyl (C=O) groups is 1. The van der Waals surface area contributed by atoms with E-state index in [1.54, 1.807) is 18.2 Å². The van der Waals surface area contributed by atoms with E-state index >= 15 is 0 Å². The van der Waals surface area contributed by atoms with Gasteiger partial charge in [0, 0.05) is 23.0 Å². The van der Waals surface area contributed by atoms with E-state index in [2.05, 4.69) is 10.1 Å². The van der Waals surface area contributed by atoms with E-state index in [9.17, 15) is 9.59 Å². The van der Waals surface area contributed by atoms with Crippen molar-refractivity contribution < 1.29 is 4.79 Å². The van der Waals surface area contributed by atoms with Crippen molar-refractivity contribution in [2.75, 3.05) is 6.54 Å². The first-order chi connectivity index (χ1) is 12.0. The summed E-state index contributed by atoms with van der Waals surface area (Å²) in [6.45, 7) is 2.73. The first-order valence-corrected chi connectivity index (χ1v) is 8.75. The van der Waals surface area contributed by atoms with Crippen LogP contribution >= 0.6 is 11.6 Å². The van der Waals surface area contributed by atoms with Gasteiger partial charge in [-0.2, -0.15) is 0 Å². The summed E-state index contributed by atoms with van der Waals surface area (Å²) in [6.07, 6.45) is 4.57. The summed E-state index contributed by atoms with van der Waals surface area (Å²) < 4.78 is 2.58. The molecule has 0 spiro atoms. The van der Waals surface area contributed by atoms with Crippen LogP contribution in [0, 0.1) is 0 Å². The van der Waals surface area contributed by atoms with Crippen molar-refractivity contribution in [3.63, 3.8) is 0 Å². The summed E-state index contributed by atoms with van der Waals surface area (Å²) in [5.41, 5.74) is 0.775. The zero-order chi connectivity index (χ0) is 17.6. The van der Waals surface area contributed by atoms with Crippen molar-refractivity contribution in [3.8, 4) is 0 Å². The maximum atomic E-state index is 12.6. The Morgan fingerprint density at radius 2 is 2.20 bits per heavy atom.